The molecular formula is C22H27NO4. The third-order valence-corrected chi connectivity index (χ3v) is 5.31. The zero-order valence-corrected chi connectivity index (χ0v) is 16.1. The number of methoxy groups -OCH3 is 2. The smallest absolute Gasteiger partial charge is 0.223 e. The van der Waals surface area contributed by atoms with Crippen LogP contribution < -0.4 is 14.8 Å². The van der Waals surface area contributed by atoms with Crippen LogP contribution >= 0.6 is 0 Å². The van der Waals surface area contributed by atoms with Crippen molar-refractivity contribution in [2.75, 3.05) is 20.8 Å². The molecule has 0 heterocycles. The highest BCUT2D eigenvalue weighted by Crippen LogP contribution is 2.42. The van der Waals surface area contributed by atoms with Crippen LogP contribution in [0.3, 0.4) is 0 Å². The van der Waals surface area contributed by atoms with Gasteiger partial charge in [0.1, 0.15) is 5.60 Å². The quantitative estimate of drug-likeness (QED) is 0.788. The van der Waals surface area contributed by atoms with E-state index in [1.165, 1.54) is 0 Å². The van der Waals surface area contributed by atoms with E-state index in [0.29, 0.717) is 24.3 Å². The van der Waals surface area contributed by atoms with Crippen LogP contribution in [0, 0.1) is 5.92 Å². The monoisotopic (exact) mass is 369 g/mol. The number of hydrogen-bond donors (Lipinski definition) is 2. The highest BCUT2D eigenvalue weighted by atomic mass is 16.5. The molecule has 0 bridgehead atoms. The number of aryl methyl sites for hydroxylation is 1. The molecule has 1 amide bonds. The number of hydrogen-bond acceptors (Lipinski definition) is 4. The number of carbonyl (C=O) groups excluding carboxylic acids is 1. The van der Waals surface area contributed by atoms with E-state index >= 15 is 0 Å². The van der Waals surface area contributed by atoms with Crippen molar-refractivity contribution in [1.29, 1.82) is 0 Å². The van der Waals surface area contributed by atoms with Crippen LogP contribution in [0.15, 0.2) is 42.5 Å². The topological polar surface area (TPSA) is 67.8 Å². The molecule has 0 radical (unpaired) electrons. The predicted molar refractivity (Wildman–Crippen MR) is 104 cm³/mol. The van der Waals surface area contributed by atoms with Crippen molar-refractivity contribution >= 4 is 5.91 Å². The van der Waals surface area contributed by atoms with Crippen molar-refractivity contribution < 1.29 is 19.4 Å². The summed E-state index contributed by atoms with van der Waals surface area (Å²) in [4.78, 5) is 12.5. The van der Waals surface area contributed by atoms with Gasteiger partial charge in [0, 0.05) is 5.92 Å². The molecular weight excluding hydrogens is 342 g/mol. The van der Waals surface area contributed by atoms with Crippen LogP contribution in [0.1, 0.15) is 30.0 Å². The second kappa shape index (κ2) is 8.01. The third-order valence-electron chi connectivity index (χ3n) is 5.31. The molecule has 0 fully saturated rings. The molecule has 0 saturated carbocycles. The minimum Gasteiger partial charge on any atom is -0.493 e. The van der Waals surface area contributed by atoms with Gasteiger partial charge in [-0.3, -0.25) is 4.79 Å². The summed E-state index contributed by atoms with van der Waals surface area (Å²) in [6.45, 7) is 2.09. The van der Waals surface area contributed by atoms with Crippen LogP contribution in [0.25, 0.3) is 0 Å². The van der Waals surface area contributed by atoms with Gasteiger partial charge in [0.15, 0.2) is 11.5 Å². The fourth-order valence-electron chi connectivity index (χ4n) is 3.69. The Balaban J connectivity index is 1.67. The van der Waals surface area contributed by atoms with Gasteiger partial charge in [-0.25, -0.2) is 0 Å². The Morgan fingerprint density at radius 3 is 2.52 bits per heavy atom. The standard InChI is InChI=1S/C22H27NO4/c1-15(11-16-7-5-4-6-8-16)21(24)23-14-22(25)10-9-17-12-19(26-2)20(27-3)13-18(17)22/h4-8,12-13,15,25H,9-11,14H2,1-3H3,(H,23,24). The fourth-order valence-corrected chi connectivity index (χ4v) is 3.69. The highest BCUT2D eigenvalue weighted by molar-refractivity contribution is 5.78. The van der Waals surface area contributed by atoms with Gasteiger partial charge in [0.2, 0.25) is 5.91 Å². The van der Waals surface area contributed by atoms with Crippen molar-refractivity contribution in [1.82, 2.24) is 5.32 Å². The average molecular weight is 369 g/mol. The Kier molecular flexibility index (Phi) is 5.71. The average Bonchev–Trinajstić information content (AvgIpc) is 3.02. The Hall–Kier alpha value is -2.53. The molecule has 2 N–H and O–H groups in total. The number of ether oxygens (including phenoxy) is 2. The molecule has 0 aromatic heterocycles. The van der Waals surface area contributed by atoms with Crippen LogP contribution in [-0.2, 0) is 23.2 Å². The Labute approximate surface area is 160 Å². The Morgan fingerprint density at radius 1 is 1.19 bits per heavy atom. The maximum Gasteiger partial charge on any atom is 0.223 e. The minimum atomic E-state index is -1.09. The molecule has 1 aliphatic carbocycles. The molecule has 0 saturated heterocycles. The summed E-state index contributed by atoms with van der Waals surface area (Å²) in [6, 6.07) is 13.7. The maximum atomic E-state index is 12.5. The first-order chi connectivity index (χ1) is 13.0. The van der Waals surface area contributed by atoms with Gasteiger partial charge in [0.05, 0.1) is 20.8 Å². The van der Waals surface area contributed by atoms with Gasteiger partial charge in [-0.1, -0.05) is 37.3 Å². The zero-order chi connectivity index (χ0) is 19.4. The van der Waals surface area contributed by atoms with E-state index in [0.717, 1.165) is 23.1 Å². The number of aliphatic hydroxyl groups is 1. The third kappa shape index (κ3) is 4.08. The number of rotatable bonds is 7. The lowest BCUT2D eigenvalue weighted by atomic mass is 9.94. The van der Waals surface area contributed by atoms with E-state index < -0.39 is 5.60 Å². The van der Waals surface area contributed by atoms with Crippen molar-refractivity contribution in [3.63, 3.8) is 0 Å². The van der Waals surface area contributed by atoms with Gasteiger partial charge in [0.25, 0.3) is 0 Å². The number of fused-ring (bicyclic) bond motifs is 1. The van der Waals surface area contributed by atoms with E-state index in [2.05, 4.69) is 5.32 Å². The SMILES string of the molecule is COc1cc2c(cc1OC)C(O)(CNC(=O)C(C)Cc1ccccc1)CC2. The summed E-state index contributed by atoms with van der Waals surface area (Å²) in [7, 11) is 3.17. The molecule has 2 unspecified atom stereocenters. The molecule has 3 rings (SSSR count). The van der Waals surface area contributed by atoms with E-state index in [1.807, 2.05) is 49.4 Å². The molecule has 144 valence electrons. The normalized spacial score (nSPS) is 19.3. The number of amides is 1. The summed E-state index contributed by atoms with van der Waals surface area (Å²) in [5.74, 6) is 1.02. The maximum absolute atomic E-state index is 12.5. The number of benzene rings is 2. The van der Waals surface area contributed by atoms with Gasteiger partial charge in [-0.15, -0.1) is 0 Å². The molecule has 27 heavy (non-hydrogen) atoms. The number of carbonyl (C=O) groups is 1. The zero-order valence-electron chi connectivity index (χ0n) is 16.1. The lowest BCUT2D eigenvalue weighted by Gasteiger charge is -2.26. The van der Waals surface area contributed by atoms with E-state index in [4.69, 9.17) is 9.47 Å². The first kappa shape index (κ1) is 19.2. The van der Waals surface area contributed by atoms with Crippen LogP contribution in [0.4, 0.5) is 0 Å². The molecule has 1 aliphatic rings. The summed E-state index contributed by atoms with van der Waals surface area (Å²) in [6.07, 6.45) is 1.97. The van der Waals surface area contributed by atoms with Crippen molar-refractivity contribution in [2.45, 2.75) is 31.8 Å². The number of nitrogens with one attached hydrogen (secondary N) is 1. The predicted octanol–water partition coefficient (Wildman–Crippen LogP) is 2.83. The largest absolute Gasteiger partial charge is 0.493 e. The van der Waals surface area contributed by atoms with E-state index in [-0.39, 0.29) is 18.4 Å². The summed E-state index contributed by atoms with van der Waals surface area (Å²) < 4.78 is 10.7. The molecule has 0 aliphatic heterocycles. The summed E-state index contributed by atoms with van der Waals surface area (Å²) >= 11 is 0. The first-order valence-corrected chi connectivity index (χ1v) is 9.26. The van der Waals surface area contributed by atoms with Crippen LogP contribution in [0.2, 0.25) is 0 Å². The van der Waals surface area contributed by atoms with Gasteiger partial charge < -0.3 is 19.9 Å². The molecule has 2 atom stereocenters. The van der Waals surface area contributed by atoms with Crippen LogP contribution in [-0.4, -0.2) is 31.8 Å². The van der Waals surface area contributed by atoms with Crippen LogP contribution in [0.5, 0.6) is 11.5 Å². The lowest BCUT2D eigenvalue weighted by molar-refractivity contribution is -0.125. The van der Waals surface area contributed by atoms with E-state index in [9.17, 15) is 9.90 Å². The second-order valence-electron chi connectivity index (χ2n) is 7.20. The molecule has 5 nitrogen and oxygen atoms in total. The first-order valence-electron chi connectivity index (χ1n) is 9.26. The van der Waals surface area contributed by atoms with Gasteiger partial charge in [-0.2, -0.15) is 0 Å². The second-order valence-corrected chi connectivity index (χ2v) is 7.20. The highest BCUT2D eigenvalue weighted by Gasteiger charge is 2.38. The molecule has 2 aromatic carbocycles. The van der Waals surface area contributed by atoms with Gasteiger partial charge in [-0.05, 0) is 48.1 Å². The minimum absolute atomic E-state index is 0.0544. The van der Waals surface area contributed by atoms with Gasteiger partial charge >= 0.3 is 0 Å². The van der Waals surface area contributed by atoms with E-state index in [1.54, 1.807) is 14.2 Å². The lowest BCUT2D eigenvalue weighted by Crippen LogP contribution is -2.41. The summed E-state index contributed by atoms with van der Waals surface area (Å²) in [5.41, 5.74) is 1.87. The Bertz CT molecular complexity index is 805. The summed E-state index contributed by atoms with van der Waals surface area (Å²) in [5, 5.41) is 14.1. The molecule has 5 heteroatoms. The van der Waals surface area contributed by atoms with Crippen molar-refractivity contribution in [2.24, 2.45) is 5.92 Å². The van der Waals surface area contributed by atoms with Crippen molar-refractivity contribution in [3.8, 4) is 11.5 Å². The Morgan fingerprint density at radius 2 is 1.85 bits per heavy atom. The molecule has 0 spiro atoms. The fraction of sp³-hybridized carbons (Fsp3) is 0.409. The molecule has 2 aromatic rings. The van der Waals surface area contributed by atoms with Crippen molar-refractivity contribution in [3.05, 3.63) is 59.2 Å².